The van der Waals surface area contributed by atoms with Gasteiger partial charge in [0, 0.05) is 37.2 Å². The molecule has 130 valence electrons. The van der Waals surface area contributed by atoms with E-state index >= 15 is 0 Å². The summed E-state index contributed by atoms with van der Waals surface area (Å²) in [5.74, 6) is 0.626. The topological polar surface area (TPSA) is 75.7 Å². The molecule has 0 radical (unpaired) electrons. The summed E-state index contributed by atoms with van der Waals surface area (Å²) in [6, 6.07) is 5.09. The lowest BCUT2D eigenvalue weighted by atomic mass is 10.0. The van der Waals surface area contributed by atoms with Crippen LogP contribution < -0.4 is 10.1 Å². The smallest absolute Gasteiger partial charge is 0.224 e. The zero-order valence-electron chi connectivity index (χ0n) is 14.3. The molecule has 1 aliphatic heterocycles. The molecule has 1 aliphatic rings. The first kappa shape index (κ1) is 18.0. The molecule has 6 heteroatoms. The Kier molecular flexibility index (Phi) is 6.35. The van der Waals surface area contributed by atoms with E-state index in [2.05, 4.69) is 5.32 Å². The van der Waals surface area contributed by atoms with Gasteiger partial charge in [0.2, 0.25) is 11.8 Å². The van der Waals surface area contributed by atoms with Crippen molar-refractivity contribution in [3.8, 4) is 5.75 Å². The first-order valence-electron chi connectivity index (χ1n) is 8.23. The molecule has 1 heterocycles. The van der Waals surface area contributed by atoms with E-state index in [-0.39, 0.29) is 24.0 Å². The van der Waals surface area contributed by atoms with Crippen LogP contribution in [0.15, 0.2) is 18.2 Å². The zero-order valence-corrected chi connectivity index (χ0v) is 14.3. The van der Waals surface area contributed by atoms with Crippen LogP contribution >= 0.6 is 0 Å². The van der Waals surface area contributed by atoms with Crippen LogP contribution in [-0.4, -0.2) is 49.2 Å². The van der Waals surface area contributed by atoms with Gasteiger partial charge in [-0.15, -0.1) is 0 Å². The number of carbonyl (C=O) groups excluding carboxylic acids is 3. The number of ketones is 1. The third-order valence-corrected chi connectivity index (χ3v) is 4.14. The average Bonchev–Trinajstić information content (AvgIpc) is 2.96. The standard InChI is InChI=1S/C18H24N2O4/c1-13(21)14-6-7-16(24-2)15(11-14)12-17(22)19-8-4-10-20-9-3-5-18(20)23/h6-7,11H,3-5,8-10,12H2,1-2H3,(H,19,22). The Balaban J connectivity index is 1.82. The molecule has 1 aromatic carbocycles. The first-order valence-corrected chi connectivity index (χ1v) is 8.23. The summed E-state index contributed by atoms with van der Waals surface area (Å²) >= 11 is 0. The lowest BCUT2D eigenvalue weighted by Gasteiger charge is -2.15. The summed E-state index contributed by atoms with van der Waals surface area (Å²) in [5.41, 5.74) is 1.25. The molecule has 0 aliphatic carbocycles. The summed E-state index contributed by atoms with van der Waals surface area (Å²) in [6.45, 7) is 3.52. The molecular formula is C18H24N2O4. The summed E-state index contributed by atoms with van der Waals surface area (Å²) in [4.78, 5) is 36.9. The van der Waals surface area contributed by atoms with Gasteiger partial charge >= 0.3 is 0 Å². The Labute approximate surface area is 142 Å². The predicted octanol–water partition coefficient (Wildman–Crippen LogP) is 1.57. The van der Waals surface area contributed by atoms with E-state index in [1.165, 1.54) is 14.0 Å². The van der Waals surface area contributed by atoms with Crippen molar-refractivity contribution in [2.24, 2.45) is 0 Å². The molecule has 0 bridgehead atoms. The number of rotatable bonds is 8. The highest BCUT2D eigenvalue weighted by Gasteiger charge is 2.19. The fraction of sp³-hybridized carbons (Fsp3) is 0.500. The van der Waals surface area contributed by atoms with Crippen molar-refractivity contribution in [2.75, 3.05) is 26.7 Å². The van der Waals surface area contributed by atoms with Crippen LogP contribution in [0.1, 0.15) is 42.1 Å². The fourth-order valence-corrected chi connectivity index (χ4v) is 2.81. The number of amides is 2. The molecule has 24 heavy (non-hydrogen) atoms. The number of carbonyl (C=O) groups is 3. The molecule has 2 rings (SSSR count). The molecule has 0 aromatic heterocycles. The number of methoxy groups -OCH3 is 1. The van der Waals surface area contributed by atoms with E-state index < -0.39 is 0 Å². The van der Waals surface area contributed by atoms with E-state index in [4.69, 9.17) is 4.74 Å². The number of hydrogen-bond acceptors (Lipinski definition) is 4. The minimum absolute atomic E-state index is 0.0467. The Morgan fingerprint density at radius 2 is 2.12 bits per heavy atom. The van der Waals surface area contributed by atoms with Crippen molar-refractivity contribution in [1.82, 2.24) is 10.2 Å². The molecule has 0 unspecified atom stereocenters. The number of hydrogen-bond donors (Lipinski definition) is 1. The monoisotopic (exact) mass is 332 g/mol. The predicted molar refractivity (Wildman–Crippen MR) is 90.1 cm³/mol. The Morgan fingerprint density at radius 3 is 2.75 bits per heavy atom. The molecular weight excluding hydrogens is 308 g/mol. The highest BCUT2D eigenvalue weighted by atomic mass is 16.5. The summed E-state index contributed by atoms with van der Waals surface area (Å²) in [6.07, 6.45) is 2.46. The van der Waals surface area contributed by atoms with E-state index in [9.17, 15) is 14.4 Å². The summed E-state index contributed by atoms with van der Waals surface area (Å²) in [5, 5.41) is 2.85. The van der Waals surface area contributed by atoms with E-state index in [1.54, 1.807) is 18.2 Å². The lowest BCUT2D eigenvalue weighted by molar-refractivity contribution is -0.127. The SMILES string of the molecule is COc1ccc(C(C)=O)cc1CC(=O)NCCCN1CCCC1=O. The van der Waals surface area contributed by atoms with Gasteiger partial charge in [-0.05, 0) is 38.0 Å². The zero-order chi connectivity index (χ0) is 17.5. The molecule has 1 aromatic rings. The summed E-state index contributed by atoms with van der Waals surface area (Å²) in [7, 11) is 1.54. The van der Waals surface area contributed by atoms with Gasteiger partial charge in [0.25, 0.3) is 0 Å². The maximum absolute atomic E-state index is 12.1. The normalized spacial score (nSPS) is 13.9. The van der Waals surface area contributed by atoms with Crippen LogP contribution in [0.3, 0.4) is 0 Å². The minimum atomic E-state index is -0.123. The maximum Gasteiger partial charge on any atom is 0.224 e. The average molecular weight is 332 g/mol. The minimum Gasteiger partial charge on any atom is -0.496 e. The van der Waals surface area contributed by atoms with Gasteiger partial charge in [-0.1, -0.05) is 0 Å². The lowest BCUT2D eigenvalue weighted by Crippen LogP contribution is -2.31. The maximum atomic E-state index is 12.1. The van der Waals surface area contributed by atoms with Crippen molar-refractivity contribution in [1.29, 1.82) is 0 Å². The van der Waals surface area contributed by atoms with E-state index in [0.717, 1.165) is 19.4 Å². The van der Waals surface area contributed by atoms with Crippen LogP contribution in [0.4, 0.5) is 0 Å². The van der Waals surface area contributed by atoms with Crippen molar-refractivity contribution in [3.63, 3.8) is 0 Å². The van der Waals surface area contributed by atoms with Crippen LogP contribution in [-0.2, 0) is 16.0 Å². The molecule has 1 saturated heterocycles. The summed E-state index contributed by atoms with van der Waals surface area (Å²) < 4.78 is 5.25. The third kappa shape index (κ3) is 4.81. The molecule has 1 N–H and O–H groups in total. The van der Waals surface area contributed by atoms with E-state index in [0.29, 0.717) is 36.4 Å². The van der Waals surface area contributed by atoms with Gasteiger partial charge in [-0.3, -0.25) is 14.4 Å². The highest BCUT2D eigenvalue weighted by molar-refractivity contribution is 5.94. The molecule has 2 amide bonds. The Morgan fingerprint density at radius 1 is 1.33 bits per heavy atom. The quantitative estimate of drug-likeness (QED) is 0.579. The number of nitrogens with zero attached hydrogens (tertiary/aromatic N) is 1. The second-order valence-corrected chi connectivity index (χ2v) is 5.95. The van der Waals surface area contributed by atoms with Crippen LogP contribution in [0.25, 0.3) is 0 Å². The highest BCUT2D eigenvalue weighted by Crippen LogP contribution is 2.20. The van der Waals surface area contributed by atoms with Gasteiger partial charge in [0.1, 0.15) is 5.75 Å². The molecule has 0 atom stereocenters. The van der Waals surface area contributed by atoms with Crippen LogP contribution in [0.5, 0.6) is 5.75 Å². The van der Waals surface area contributed by atoms with Crippen molar-refractivity contribution < 1.29 is 19.1 Å². The van der Waals surface area contributed by atoms with Crippen LogP contribution in [0, 0.1) is 0 Å². The van der Waals surface area contributed by atoms with Crippen molar-refractivity contribution in [2.45, 2.75) is 32.6 Å². The largest absolute Gasteiger partial charge is 0.496 e. The molecule has 0 spiro atoms. The van der Waals surface area contributed by atoms with Gasteiger partial charge < -0.3 is 15.0 Å². The molecule has 1 fully saturated rings. The van der Waals surface area contributed by atoms with Crippen LogP contribution in [0.2, 0.25) is 0 Å². The molecule has 6 nitrogen and oxygen atoms in total. The fourth-order valence-electron chi connectivity index (χ4n) is 2.81. The first-order chi connectivity index (χ1) is 11.5. The van der Waals surface area contributed by atoms with Gasteiger partial charge in [-0.2, -0.15) is 0 Å². The second-order valence-electron chi connectivity index (χ2n) is 5.95. The van der Waals surface area contributed by atoms with Gasteiger partial charge in [-0.25, -0.2) is 0 Å². The number of nitrogens with one attached hydrogen (secondary N) is 1. The second kappa shape index (κ2) is 8.47. The number of ether oxygens (including phenoxy) is 1. The van der Waals surface area contributed by atoms with Crippen molar-refractivity contribution in [3.05, 3.63) is 29.3 Å². The van der Waals surface area contributed by atoms with Crippen molar-refractivity contribution >= 4 is 17.6 Å². The van der Waals surface area contributed by atoms with Gasteiger partial charge in [0.05, 0.1) is 13.5 Å². The van der Waals surface area contributed by atoms with Gasteiger partial charge in [0.15, 0.2) is 5.78 Å². The van der Waals surface area contributed by atoms with E-state index in [1.807, 2.05) is 4.90 Å². The number of likely N-dealkylation sites (tertiary alicyclic amines) is 1. The Hall–Kier alpha value is -2.37. The molecule has 0 saturated carbocycles. The number of benzene rings is 1. The third-order valence-electron chi connectivity index (χ3n) is 4.14. The number of Topliss-reactive ketones (excluding diaryl/α,β-unsaturated/α-hetero) is 1. The Bertz CT molecular complexity index is 627.